The van der Waals surface area contributed by atoms with Crippen molar-refractivity contribution in [3.05, 3.63) is 58.3 Å². The van der Waals surface area contributed by atoms with Gasteiger partial charge in [0.25, 0.3) is 11.5 Å². The Morgan fingerprint density at radius 1 is 1.30 bits per heavy atom. The van der Waals surface area contributed by atoms with Crippen LogP contribution >= 0.6 is 0 Å². The number of anilines is 1. The molecule has 0 spiro atoms. The zero-order valence-corrected chi connectivity index (χ0v) is 12.5. The number of carbonyl (C=O) groups is 2. The molecule has 2 heterocycles. The standard InChI is InChI=1S/C15H13N3O4.Li.H/c19-13(9-4-2-1-3-5-9)17-10-8-16-12-7-6-11(15(21)22)18(12)14(10)20;;/h1-5,8,11H,6-7H2,(H,17,19)(H,21,22);;/q;+1;-1. The van der Waals surface area contributed by atoms with Crippen LogP contribution in [-0.2, 0) is 11.2 Å². The minimum atomic E-state index is -1.07. The fraction of sp³-hybridized carbons (Fsp3) is 0.200. The van der Waals surface area contributed by atoms with Gasteiger partial charge in [-0.2, -0.15) is 0 Å². The molecule has 0 saturated carbocycles. The summed E-state index contributed by atoms with van der Waals surface area (Å²) in [5, 5.41) is 11.6. The molecule has 0 bridgehead atoms. The first kappa shape index (κ1) is 17.0. The van der Waals surface area contributed by atoms with E-state index in [0.29, 0.717) is 24.2 Å². The number of rotatable bonds is 3. The van der Waals surface area contributed by atoms with E-state index in [-0.39, 0.29) is 26.0 Å². The monoisotopic (exact) mass is 307 g/mol. The molecule has 1 atom stereocenters. The first-order valence-electron chi connectivity index (χ1n) is 6.77. The van der Waals surface area contributed by atoms with E-state index >= 15 is 0 Å². The molecule has 8 heteroatoms. The number of amides is 1. The van der Waals surface area contributed by atoms with Crippen LogP contribution < -0.4 is 29.7 Å². The molecule has 7 nitrogen and oxygen atoms in total. The minimum absolute atomic E-state index is 0. The second-order valence-corrected chi connectivity index (χ2v) is 4.98. The molecule has 1 aromatic carbocycles. The summed E-state index contributed by atoms with van der Waals surface area (Å²) in [5.41, 5.74) is -0.160. The maximum Gasteiger partial charge on any atom is 1.00 e. The molecule has 1 aliphatic rings. The van der Waals surface area contributed by atoms with Crippen LogP contribution in [0.2, 0.25) is 0 Å². The van der Waals surface area contributed by atoms with Gasteiger partial charge in [-0.05, 0) is 18.6 Å². The van der Waals surface area contributed by atoms with Crippen LogP contribution in [0.15, 0.2) is 41.3 Å². The molecule has 0 fully saturated rings. The first-order chi connectivity index (χ1) is 10.6. The van der Waals surface area contributed by atoms with Gasteiger partial charge in [0, 0.05) is 12.0 Å². The van der Waals surface area contributed by atoms with E-state index in [2.05, 4.69) is 10.3 Å². The Labute approximate surface area is 145 Å². The van der Waals surface area contributed by atoms with Crippen molar-refractivity contribution in [1.29, 1.82) is 0 Å². The number of nitrogens with zero attached hydrogens (tertiary/aromatic N) is 2. The van der Waals surface area contributed by atoms with Gasteiger partial charge in [0.05, 0.1) is 6.20 Å². The Kier molecular flexibility index (Phi) is 5.04. The van der Waals surface area contributed by atoms with E-state index in [1.807, 2.05) is 0 Å². The molecular formula is C15H14LiN3O4. The van der Waals surface area contributed by atoms with Crippen molar-refractivity contribution < 1.29 is 35.0 Å². The Morgan fingerprint density at radius 2 is 2.00 bits per heavy atom. The topological polar surface area (TPSA) is 101 Å². The summed E-state index contributed by atoms with van der Waals surface area (Å²) in [6.07, 6.45) is 2.03. The molecule has 0 radical (unpaired) electrons. The van der Waals surface area contributed by atoms with Crippen molar-refractivity contribution in [2.75, 3.05) is 5.32 Å². The second-order valence-electron chi connectivity index (χ2n) is 4.98. The average Bonchev–Trinajstić information content (AvgIpc) is 2.96. The maximum absolute atomic E-state index is 12.4. The van der Waals surface area contributed by atoms with Crippen molar-refractivity contribution >= 4 is 17.6 Å². The number of carboxylic acids is 1. The Hall–Kier alpha value is -2.36. The number of fused-ring (bicyclic) bond motifs is 1. The molecule has 1 aromatic heterocycles. The van der Waals surface area contributed by atoms with Crippen LogP contribution in [0.4, 0.5) is 5.69 Å². The summed E-state index contributed by atoms with van der Waals surface area (Å²) >= 11 is 0. The van der Waals surface area contributed by atoms with Crippen molar-refractivity contribution in [2.24, 2.45) is 0 Å². The van der Waals surface area contributed by atoms with Gasteiger partial charge >= 0.3 is 24.8 Å². The number of nitrogens with one attached hydrogen (secondary N) is 1. The van der Waals surface area contributed by atoms with E-state index < -0.39 is 23.5 Å². The number of hydrogen-bond donors (Lipinski definition) is 2. The van der Waals surface area contributed by atoms with Crippen LogP contribution in [0.25, 0.3) is 0 Å². The Balaban J connectivity index is 0.00000144. The smallest absolute Gasteiger partial charge is 1.00 e. The third-order valence-electron chi connectivity index (χ3n) is 3.59. The molecule has 2 aromatic rings. The normalized spacial score (nSPS) is 15.4. The number of carbonyl (C=O) groups excluding carboxylic acids is 1. The summed E-state index contributed by atoms with van der Waals surface area (Å²) < 4.78 is 1.14. The molecule has 1 unspecified atom stereocenters. The Morgan fingerprint density at radius 3 is 2.65 bits per heavy atom. The van der Waals surface area contributed by atoms with Gasteiger partial charge in [0.1, 0.15) is 17.6 Å². The SMILES string of the molecule is O=C(Nc1cnc2n(c1=O)C(C(=O)O)CC2)c1ccccc1.[H-].[Li+]. The quantitative estimate of drug-likeness (QED) is 0.651. The first-order valence-corrected chi connectivity index (χ1v) is 6.77. The van der Waals surface area contributed by atoms with E-state index in [1.54, 1.807) is 30.3 Å². The third-order valence-corrected chi connectivity index (χ3v) is 3.59. The molecule has 0 aliphatic carbocycles. The zero-order valence-electron chi connectivity index (χ0n) is 13.5. The van der Waals surface area contributed by atoms with Crippen LogP contribution in [0.1, 0.15) is 30.1 Å². The number of aliphatic carboxylic acids is 1. The van der Waals surface area contributed by atoms with E-state index in [9.17, 15) is 14.4 Å². The summed E-state index contributed by atoms with van der Waals surface area (Å²) in [4.78, 5) is 39.7. The summed E-state index contributed by atoms with van der Waals surface area (Å²) in [5.74, 6) is -1.09. The van der Waals surface area contributed by atoms with Gasteiger partial charge in [0.15, 0.2) is 0 Å². The second kappa shape index (κ2) is 6.81. The molecule has 1 amide bonds. The van der Waals surface area contributed by atoms with E-state index in [0.717, 1.165) is 4.57 Å². The van der Waals surface area contributed by atoms with Gasteiger partial charge < -0.3 is 11.8 Å². The number of aromatic nitrogens is 2. The number of benzene rings is 1. The number of aryl methyl sites for hydroxylation is 1. The molecule has 23 heavy (non-hydrogen) atoms. The van der Waals surface area contributed by atoms with E-state index in [4.69, 9.17) is 5.11 Å². The molecule has 0 saturated heterocycles. The van der Waals surface area contributed by atoms with Gasteiger partial charge in [-0.25, -0.2) is 9.78 Å². The van der Waals surface area contributed by atoms with Crippen LogP contribution in [0, 0.1) is 0 Å². The zero-order chi connectivity index (χ0) is 15.7. The fourth-order valence-electron chi connectivity index (χ4n) is 2.51. The van der Waals surface area contributed by atoms with Crippen molar-refractivity contribution in [3.63, 3.8) is 0 Å². The molecule has 2 N–H and O–H groups in total. The predicted molar refractivity (Wildman–Crippen MR) is 79.0 cm³/mol. The predicted octanol–water partition coefficient (Wildman–Crippen LogP) is -1.82. The van der Waals surface area contributed by atoms with Gasteiger partial charge in [0.2, 0.25) is 0 Å². The Bertz CT molecular complexity index is 810. The number of hydrogen-bond acceptors (Lipinski definition) is 4. The fourth-order valence-corrected chi connectivity index (χ4v) is 2.51. The summed E-state index contributed by atoms with van der Waals surface area (Å²) in [6.45, 7) is 0. The third kappa shape index (κ3) is 3.21. The largest absolute Gasteiger partial charge is 1.00 e. The minimum Gasteiger partial charge on any atom is -1.00 e. The van der Waals surface area contributed by atoms with Crippen LogP contribution in [0.5, 0.6) is 0 Å². The van der Waals surface area contributed by atoms with E-state index in [1.165, 1.54) is 6.20 Å². The summed E-state index contributed by atoms with van der Waals surface area (Å²) in [7, 11) is 0. The molecule has 1 aliphatic heterocycles. The van der Waals surface area contributed by atoms with Crippen molar-refractivity contribution in [2.45, 2.75) is 18.9 Å². The molecule has 3 rings (SSSR count). The van der Waals surface area contributed by atoms with Crippen molar-refractivity contribution in [3.8, 4) is 0 Å². The molecular weight excluding hydrogens is 293 g/mol. The van der Waals surface area contributed by atoms with Gasteiger partial charge in [-0.3, -0.25) is 14.2 Å². The van der Waals surface area contributed by atoms with Crippen LogP contribution in [0.3, 0.4) is 0 Å². The van der Waals surface area contributed by atoms with Gasteiger partial charge in [-0.15, -0.1) is 0 Å². The average molecular weight is 307 g/mol. The van der Waals surface area contributed by atoms with Gasteiger partial charge in [-0.1, -0.05) is 18.2 Å². The summed E-state index contributed by atoms with van der Waals surface area (Å²) in [6, 6.07) is 7.51. The molecule has 114 valence electrons. The maximum atomic E-state index is 12.4. The number of carboxylic acid groups (broad SMARTS) is 1. The van der Waals surface area contributed by atoms with Crippen LogP contribution in [-0.4, -0.2) is 26.5 Å². The van der Waals surface area contributed by atoms with Crippen molar-refractivity contribution in [1.82, 2.24) is 9.55 Å².